The van der Waals surface area contributed by atoms with Gasteiger partial charge in [-0.05, 0) is 26.0 Å². The maximum Gasteiger partial charge on any atom is 0.451 e. The number of alkyl halides is 3. The predicted octanol–water partition coefficient (Wildman–Crippen LogP) is 4.44. The molecule has 0 bridgehead atoms. The van der Waals surface area contributed by atoms with E-state index in [1.807, 2.05) is 6.92 Å². The van der Waals surface area contributed by atoms with Gasteiger partial charge < -0.3 is 20.1 Å². The minimum absolute atomic E-state index is 0.138. The van der Waals surface area contributed by atoms with Gasteiger partial charge >= 0.3 is 6.18 Å². The highest BCUT2D eigenvalue weighted by Crippen LogP contribution is 2.37. The maximum atomic E-state index is 13.2. The predicted molar refractivity (Wildman–Crippen MR) is 128 cm³/mol. The largest absolute Gasteiger partial charge is 0.491 e. The maximum absolute atomic E-state index is 13.2. The van der Waals surface area contributed by atoms with E-state index in [9.17, 15) is 18.0 Å². The van der Waals surface area contributed by atoms with Gasteiger partial charge in [0.15, 0.2) is 0 Å². The van der Waals surface area contributed by atoms with E-state index in [2.05, 4.69) is 25.6 Å². The van der Waals surface area contributed by atoms with Crippen molar-refractivity contribution in [3.8, 4) is 16.3 Å². The van der Waals surface area contributed by atoms with Gasteiger partial charge in [0.2, 0.25) is 5.82 Å². The Morgan fingerprint density at radius 2 is 2.06 bits per heavy atom. The van der Waals surface area contributed by atoms with Crippen LogP contribution in [0.4, 0.5) is 13.2 Å². The lowest BCUT2D eigenvalue weighted by molar-refractivity contribution is -0.145. The van der Waals surface area contributed by atoms with Crippen molar-refractivity contribution in [3.63, 3.8) is 0 Å². The molecule has 1 aliphatic heterocycles. The zero-order chi connectivity index (χ0) is 25.9. The van der Waals surface area contributed by atoms with Crippen LogP contribution in [0.1, 0.15) is 39.6 Å². The Morgan fingerprint density at radius 3 is 2.67 bits per heavy atom. The average Bonchev–Trinajstić information content (AvgIpc) is 3.29. The molecule has 1 aromatic carbocycles. The Balaban J connectivity index is 1.57. The number of amides is 1. The van der Waals surface area contributed by atoms with Crippen molar-refractivity contribution in [2.75, 3.05) is 26.3 Å². The van der Waals surface area contributed by atoms with Crippen LogP contribution < -0.4 is 15.4 Å². The fourth-order valence-corrected chi connectivity index (χ4v) is 4.59. The first kappa shape index (κ1) is 26.3. The molecule has 2 atom stereocenters. The van der Waals surface area contributed by atoms with E-state index in [0.717, 1.165) is 23.8 Å². The third-order valence-electron chi connectivity index (χ3n) is 5.36. The molecule has 2 N–H and O–H groups in total. The lowest BCUT2D eigenvalue weighted by Gasteiger charge is -2.24. The standard InChI is InChI=1S/C23H23ClF3N5O3S/c1-12-7-29-21(36-12)18-6-15(35-11-16-10-28-3-4-34-16)5-17(19(18)24)20(33)32-13(2)14-8-30-22(31-9-14)23(25,26)27/h5-9,13,16,28H,3-4,10-11H2,1-2H3,(H,32,33)/t13-,16?/m1/s1. The van der Waals surface area contributed by atoms with E-state index in [1.54, 1.807) is 19.2 Å². The molecular weight excluding hydrogens is 519 g/mol. The van der Waals surface area contributed by atoms with E-state index in [4.69, 9.17) is 21.1 Å². The number of halogens is 4. The van der Waals surface area contributed by atoms with E-state index >= 15 is 0 Å². The summed E-state index contributed by atoms with van der Waals surface area (Å²) in [7, 11) is 0. The van der Waals surface area contributed by atoms with Gasteiger partial charge in [0.25, 0.3) is 5.91 Å². The summed E-state index contributed by atoms with van der Waals surface area (Å²) in [4.78, 5) is 25.2. The highest BCUT2D eigenvalue weighted by atomic mass is 35.5. The number of benzene rings is 1. The third kappa shape index (κ3) is 6.30. The molecule has 2 aromatic heterocycles. The lowest BCUT2D eigenvalue weighted by Crippen LogP contribution is -2.41. The molecule has 1 aliphatic rings. The summed E-state index contributed by atoms with van der Waals surface area (Å²) in [5, 5.41) is 6.77. The summed E-state index contributed by atoms with van der Waals surface area (Å²) in [6.07, 6.45) is -1.02. The Morgan fingerprint density at radius 1 is 1.31 bits per heavy atom. The van der Waals surface area contributed by atoms with Crippen molar-refractivity contribution in [1.29, 1.82) is 0 Å². The number of carbonyl (C=O) groups is 1. The van der Waals surface area contributed by atoms with Crippen LogP contribution in [0.25, 0.3) is 10.6 Å². The van der Waals surface area contributed by atoms with Gasteiger partial charge in [-0.15, -0.1) is 11.3 Å². The Bertz CT molecular complexity index is 1220. The summed E-state index contributed by atoms with van der Waals surface area (Å²) in [6.45, 7) is 5.79. The van der Waals surface area contributed by atoms with Crippen LogP contribution in [0.2, 0.25) is 5.02 Å². The van der Waals surface area contributed by atoms with Crippen LogP contribution >= 0.6 is 22.9 Å². The zero-order valence-corrected chi connectivity index (χ0v) is 20.9. The van der Waals surface area contributed by atoms with E-state index < -0.39 is 23.9 Å². The van der Waals surface area contributed by atoms with E-state index in [-0.39, 0.29) is 23.3 Å². The van der Waals surface area contributed by atoms with E-state index in [1.165, 1.54) is 17.4 Å². The summed E-state index contributed by atoms with van der Waals surface area (Å²) in [5.74, 6) is -1.38. The minimum Gasteiger partial charge on any atom is -0.491 e. The molecule has 13 heteroatoms. The Kier molecular flexibility index (Phi) is 8.08. The van der Waals surface area contributed by atoms with Crippen LogP contribution in [0.5, 0.6) is 5.75 Å². The van der Waals surface area contributed by atoms with Gasteiger partial charge in [0.05, 0.1) is 23.2 Å². The second-order valence-electron chi connectivity index (χ2n) is 8.15. The number of nitrogens with zero attached hydrogens (tertiary/aromatic N) is 3. The molecule has 8 nitrogen and oxygen atoms in total. The second kappa shape index (κ2) is 11.1. The molecule has 4 rings (SSSR count). The minimum atomic E-state index is -4.65. The molecule has 36 heavy (non-hydrogen) atoms. The highest BCUT2D eigenvalue weighted by Gasteiger charge is 2.34. The third-order valence-corrected chi connectivity index (χ3v) is 6.71. The number of rotatable bonds is 7. The first-order valence-electron chi connectivity index (χ1n) is 11.0. The summed E-state index contributed by atoms with van der Waals surface area (Å²) in [5.41, 5.74) is 0.975. The molecule has 192 valence electrons. The lowest BCUT2D eigenvalue weighted by atomic mass is 10.1. The normalized spacial score (nSPS) is 17.0. The van der Waals surface area contributed by atoms with Crippen molar-refractivity contribution in [1.82, 2.24) is 25.6 Å². The zero-order valence-electron chi connectivity index (χ0n) is 19.4. The van der Waals surface area contributed by atoms with Gasteiger partial charge in [0.1, 0.15) is 23.5 Å². The van der Waals surface area contributed by atoms with Crippen molar-refractivity contribution in [3.05, 3.63) is 57.6 Å². The van der Waals surface area contributed by atoms with Crippen LogP contribution in [0.15, 0.2) is 30.7 Å². The van der Waals surface area contributed by atoms with E-state index in [0.29, 0.717) is 35.0 Å². The van der Waals surface area contributed by atoms with Crippen LogP contribution in [0.3, 0.4) is 0 Å². The number of thiazole rings is 1. The van der Waals surface area contributed by atoms with Crippen molar-refractivity contribution in [2.24, 2.45) is 0 Å². The number of aromatic nitrogens is 3. The van der Waals surface area contributed by atoms with Gasteiger partial charge in [-0.3, -0.25) is 4.79 Å². The molecule has 0 spiro atoms. The Labute approximate surface area is 214 Å². The number of aryl methyl sites for hydroxylation is 1. The fraction of sp³-hybridized carbons (Fsp3) is 0.391. The molecule has 1 fully saturated rings. The molecule has 0 saturated carbocycles. The molecule has 3 aromatic rings. The summed E-state index contributed by atoms with van der Waals surface area (Å²) in [6, 6.07) is 2.56. The van der Waals surface area contributed by atoms with Crippen molar-refractivity contribution >= 4 is 28.8 Å². The number of carbonyl (C=O) groups excluding carboxylic acids is 1. The van der Waals surface area contributed by atoms with Crippen LogP contribution in [-0.2, 0) is 10.9 Å². The smallest absolute Gasteiger partial charge is 0.451 e. The SMILES string of the molecule is Cc1cnc(-c2cc(OCC3CNCCO3)cc(C(=O)N[C@H](C)c3cnc(C(F)(F)F)nc3)c2Cl)s1. The topological polar surface area (TPSA) is 98.3 Å². The quantitative estimate of drug-likeness (QED) is 0.456. The molecular formula is C23H23ClF3N5O3S. The molecule has 0 aliphatic carbocycles. The van der Waals surface area contributed by atoms with Gasteiger partial charge in [-0.25, -0.2) is 15.0 Å². The monoisotopic (exact) mass is 541 g/mol. The molecule has 0 radical (unpaired) electrons. The molecule has 1 saturated heterocycles. The number of ether oxygens (including phenoxy) is 2. The first-order valence-corrected chi connectivity index (χ1v) is 12.2. The molecule has 1 unspecified atom stereocenters. The number of hydrogen-bond donors (Lipinski definition) is 2. The highest BCUT2D eigenvalue weighted by molar-refractivity contribution is 7.15. The van der Waals surface area contributed by atoms with Gasteiger partial charge in [-0.2, -0.15) is 13.2 Å². The fourth-order valence-electron chi connectivity index (χ4n) is 3.46. The van der Waals surface area contributed by atoms with Crippen molar-refractivity contribution < 1.29 is 27.4 Å². The summed E-state index contributed by atoms with van der Waals surface area (Å²) >= 11 is 8.05. The second-order valence-corrected chi connectivity index (χ2v) is 9.76. The molecule has 3 heterocycles. The summed E-state index contributed by atoms with van der Waals surface area (Å²) < 4.78 is 49.9. The van der Waals surface area contributed by atoms with Gasteiger partial charge in [0, 0.05) is 47.7 Å². The van der Waals surface area contributed by atoms with Gasteiger partial charge in [-0.1, -0.05) is 11.6 Å². The number of hydrogen-bond acceptors (Lipinski definition) is 8. The van der Waals surface area contributed by atoms with Crippen LogP contribution in [0, 0.1) is 6.92 Å². The Hall–Kier alpha value is -2.80. The van der Waals surface area contributed by atoms with Crippen LogP contribution in [-0.4, -0.2) is 53.3 Å². The molecule has 1 amide bonds. The first-order chi connectivity index (χ1) is 17.1. The number of nitrogens with one attached hydrogen (secondary N) is 2. The average molecular weight is 542 g/mol. The number of morpholine rings is 1. The van der Waals surface area contributed by atoms with Crippen molar-refractivity contribution in [2.45, 2.75) is 32.2 Å².